The van der Waals surface area contributed by atoms with E-state index in [2.05, 4.69) is 56.0 Å². The summed E-state index contributed by atoms with van der Waals surface area (Å²) < 4.78 is 10.8. The van der Waals surface area contributed by atoms with Crippen molar-refractivity contribution in [3.8, 4) is 11.5 Å². The molecule has 0 unspecified atom stereocenters. The van der Waals surface area contributed by atoms with Gasteiger partial charge in [0.05, 0.1) is 46.4 Å². The van der Waals surface area contributed by atoms with Gasteiger partial charge < -0.3 is 19.3 Å². The van der Waals surface area contributed by atoms with E-state index in [4.69, 9.17) is 9.47 Å². The van der Waals surface area contributed by atoms with Gasteiger partial charge >= 0.3 is 0 Å². The fourth-order valence-electron chi connectivity index (χ4n) is 4.11. The monoisotopic (exact) mass is 369 g/mol. The molecule has 0 spiro atoms. The lowest BCUT2D eigenvalue weighted by molar-refractivity contribution is -0.923. The maximum Gasteiger partial charge on any atom is 0.160 e. The van der Waals surface area contributed by atoms with E-state index in [1.54, 1.807) is 19.1 Å². The number of nitrogens with one attached hydrogen (secondary N) is 1. The zero-order chi connectivity index (χ0) is 19.4. The summed E-state index contributed by atoms with van der Waals surface area (Å²) >= 11 is 0. The maximum absolute atomic E-state index is 5.45. The lowest BCUT2D eigenvalue weighted by Gasteiger charge is -2.37. The molecule has 1 N–H and O–H groups in total. The molecule has 4 heteroatoms. The lowest BCUT2D eigenvalue weighted by Crippen LogP contribution is -3.18. The van der Waals surface area contributed by atoms with E-state index in [0.717, 1.165) is 31.0 Å². The smallest absolute Gasteiger partial charge is 0.160 e. The Morgan fingerprint density at radius 3 is 2.37 bits per heavy atom. The number of methoxy groups -OCH3 is 2. The highest BCUT2D eigenvalue weighted by atomic mass is 16.5. The van der Waals surface area contributed by atoms with Crippen LogP contribution in [0.1, 0.15) is 23.6 Å². The van der Waals surface area contributed by atoms with Crippen LogP contribution in [-0.4, -0.2) is 46.4 Å². The molecule has 27 heavy (non-hydrogen) atoms. The predicted molar refractivity (Wildman–Crippen MR) is 112 cm³/mol. The molecule has 2 aromatic rings. The van der Waals surface area contributed by atoms with Crippen LogP contribution >= 0.6 is 0 Å². The van der Waals surface area contributed by atoms with Gasteiger partial charge in [-0.05, 0) is 55.7 Å². The van der Waals surface area contributed by atoms with Gasteiger partial charge in [-0.3, -0.25) is 0 Å². The molecule has 0 amide bonds. The zero-order valence-electron chi connectivity index (χ0n) is 17.3. The molecule has 0 aromatic heterocycles. The number of hydrogen-bond donors (Lipinski definition) is 1. The summed E-state index contributed by atoms with van der Waals surface area (Å²) in [6.07, 6.45) is 1.05. The van der Waals surface area contributed by atoms with E-state index in [1.165, 1.54) is 35.5 Å². The molecular formula is C23H33N2O2+. The zero-order valence-corrected chi connectivity index (χ0v) is 17.3. The average molecular weight is 370 g/mol. The normalized spacial score (nSPS) is 16.3. The fraction of sp³-hybridized carbons (Fsp3) is 0.478. The van der Waals surface area contributed by atoms with Crippen LogP contribution in [0.5, 0.6) is 11.5 Å². The highest BCUT2D eigenvalue weighted by Gasteiger charge is 2.25. The minimum Gasteiger partial charge on any atom is -0.493 e. The Morgan fingerprint density at radius 2 is 1.70 bits per heavy atom. The molecule has 1 saturated heterocycles. The first-order valence-electron chi connectivity index (χ1n) is 9.90. The summed E-state index contributed by atoms with van der Waals surface area (Å²) in [4.78, 5) is 4.24. The molecule has 0 bridgehead atoms. The molecule has 146 valence electrons. The van der Waals surface area contributed by atoms with E-state index in [1.807, 2.05) is 6.07 Å². The summed E-state index contributed by atoms with van der Waals surface area (Å²) in [5.74, 6) is 1.61. The topological polar surface area (TPSA) is 26.1 Å². The molecule has 1 aliphatic rings. The molecular weight excluding hydrogens is 336 g/mol. The number of ether oxygens (including phenoxy) is 2. The number of nitrogens with zero attached hydrogens (tertiary/aromatic N) is 1. The number of quaternary nitrogens is 1. The number of piperazine rings is 1. The quantitative estimate of drug-likeness (QED) is 0.848. The third-order valence-electron chi connectivity index (χ3n) is 6.01. The van der Waals surface area contributed by atoms with Crippen molar-refractivity contribution in [2.24, 2.45) is 0 Å². The molecule has 3 rings (SSSR count). The third kappa shape index (κ3) is 4.38. The highest BCUT2D eigenvalue weighted by Crippen LogP contribution is 2.28. The van der Waals surface area contributed by atoms with Crippen LogP contribution in [0.4, 0.5) is 5.69 Å². The van der Waals surface area contributed by atoms with Crippen LogP contribution in [0, 0.1) is 13.8 Å². The van der Waals surface area contributed by atoms with Crippen molar-refractivity contribution >= 4 is 5.69 Å². The van der Waals surface area contributed by atoms with Gasteiger partial charge in [0, 0.05) is 12.1 Å². The molecule has 0 aliphatic carbocycles. The van der Waals surface area contributed by atoms with Gasteiger partial charge in [0.1, 0.15) is 0 Å². The molecule has 1 atom stereocenters. The van der Waals surface area contributed by atoms with Crippen LogP contribution in [-0.2, 0) is 6.42 Å². The second-order valence-electron chi connectivity index (χ2n) is 7.66. The van der Waals surface area contributed by atoms with Gasteiger partial charge in [-0.2, -0.15) is 0 Å². The van der Waals surface area contributed by atoms with E-state index in [-0.39, 0.29) is 0 Å². The molecule has 4 nitrogen and oxygen atoms in total. The van der Waals surface area contributed by atoms with E-state index in [0.29, 0.717) is 6.04 Å². The van der Waals surface area contributed by atoms with Gasteiger partial charge in [-0.1, -0.05) is 18.2 Å². The number of aryl methyl sites for hydroxylation is 1. The van der Waals surface area contributed by atoms with Gasteiger partial charge in [-0.25, -0.2) is 0 Å². The molecule has 1 aliphatic heterocycles. The van der Waals surface area contributed by atoms with Crippen LogP contribution in [0.15, 0.2) is 36.4 Å². The third-order valence-corrected chi connectivity index (χ3v) is 6.01. The molecule has 0 radical (unpaired) electrons. The van der Waals surface area contributed by atoms with Crippen molar-refractivity contribution in [2.45, 2.75) is 33.2 Å². The standard InChI is InChI=1S/C23H32N2O2/c1-17-7-6-8-21(19(17)3)25-13-11-24(12-14-25)18(2)15-20-9-10-22(26-4)23(16-20)27-5/h6-10,16,18H,11-15H2,1-5H3/p+1/t18-/m1/s1. The average Bonchev–Trinajstić information content (AvgIpc) is 2.70. The van der Waals surface area contributed by atoms with Crippen molar-refractivity contribution in [1.29, 1.82) is 0 Å². The number of hydrogen-bond acceptors (Lipinski definition) is 3. The Bertz CT molecular complexity index is 767. The van der Waals surface area contributed by atoms with Gasteiger partial charge in [0.15, 0.2) is 11.5 Å². The molecule has 1 fully saturated rings. The lowest BCUT2D eigenvalue weighted by atomic mass is 10.0. The van der Waals surface area contributed by atoms with Crippen molar-refractivity contribution in [3.05, 3.63) is 53.1 Å². The summed E-state index contributed by atoms with van der Waals surface area (Å²) in [6, 6.07) is 13.5. The summed E-state index contributed by atoms with van der Waals surface area (Å²) in [5, 5.41) is 0. The van der Waals surface area contributed by atoms with Crippen molar-refractivity contribution in [3.63, 3.8) is 0 Å². The summed E-state index contributed by atoms with van der Waals surface area (Å²) in [5.41, 5.74) is 5.51. The Labute approximate surface area is 163 Å². The Morgan fingerprint density at radius 1 is 1.00 bits per heavy atom. The van der Waals surface area contributed by atoms with Crippen LogP contribution in [0.3, 0.4) is 0 Å². The predicted octanol–water partition coefficient (Wildman–Crippen LogP) is 2.66. The Kier molecular flexibility index (Phi) is 6.27. The first kappa shape index (κ1) is 19.6. The van der Waals surface area contributed by atoms with E-state index < -0.39 is 0 Å². The fourth-order valence-corrected chi connectivity index (χ4v) is 4.11. The highest BCUT2D eigenvalue weighted by molar-refractivity contribution is 5.56. The largest absolute Gasteiger partial charge is 0.493 e. The van der Waals surface area contributed by atoms with Crippen molar-refractivity contribution in [2.75, 3.05) is 45.3 Å². The van der Waals surface area contributed by atoms with Crippen molar-refractivity contribution in [1.82, 2.24) is 0 Å². The molecule has 0 saturated carbocycles. The van der Waals surface area contributed by atoms with Gasteiger partial charge in [0.2, 0.25) is 0 Å². The van der Waals surface area contributed by atoms with Crippen LogP contribution in [0.2, 0.25) is 0 Å². The minimum atomic E-state index is 0.587. The minimum absolute atomic E-state index is 0.587. The Balaban J connectivity index is 1.60. The molecule has 2 aromatic carbocycles. The SMILES string of the molecule is COc1ccc(C[C@@H](C)[NH+]2CCN(c3cccc(C)c3C)CC2)cc1OC. The maximum atomic E-state index is 5.45. The van der Waals surface area contributed by atoms with Gasteiger partial charge in [0.25, 0.3) is 0 Å². The van der Waals surface area contributed by atoms with E-state index in [9.17, 15) is 0 Å². The summed E-state index contributed by atoms with van der Waals surface area (Å²) in [6.45, 7) is 11.4. The Hall–Kier alpha value is -2.20. The number of benzene rings is 2. The number of anilines is 1. The number of rotatable bonds is 6. The van der Waals surface area contributed by atoms with Crippen molar-refractivity contribution < 1.29 is 14.4 Å². The first-order valence-corrected chi connectivity index (χ1v) is 9.90. The van der Waals surface area contributed by atoms with E-state index >= 15 is 0 Å². The van der Waals surface area contributed by atoms with Gasteiger partial charge in [-0.15, -0.1) is 0 Å². The summed E-state index contributed by atoms with van der Waals surface area (Å²) in [7, 11) is 3.38. The second kappa shape index (κ2) is 8.66. The first-order chi connectivity index (χ1) is 13.0. The molecule has 1 heterocycles. The second-order valence-corrected chi connectivity index (χ2v) is 7.66. The van der Waals surface area contributed by atoms with Crippen LogP contribution < -0.4 is 19.3 Å². The van der Waals surface area contributed by atoms with Crippen LogP contribution in [0.25, 0.3) is 0 Å².